The molecule has 0 unspecified atom stereocenters. The summed E-state index contributed by atoms with van der Waals surface area (Å²) in [7, 11) is -3.63. The first-order valence-electron chi connectivity index (χ1n) is 8.39. The van der Waals surface area contributed by atoms with Gasteiger partial charge in [-0.25, -0.2) is 8.42 Å². The molecule has 0 saturated carbocycles. The van der Waals surface area contributed by atoms with Crippen molar-refractivity contribution < 1.29 is 13.2 Å². The number of amides is 1. The van der Waals surface area contributed by atoms with Gasteiger partial charge in [0.25, 0.3) is 5.91 Å². The second-order valence-corrected chi connectivity index (χ2v) is 8.81. The molecule has 0 spiro atoms. The minimum atomic E-state index is -3.63. The van der Waals surface area contributed by atoms with E-state index in [9.17, 15) is 13.2 Å². The van der Waals surface area contributed by atoms with E-state index in [4.69, 9.17) is 0 Å². The smallest absolute Gasteiger partial charge is 0.255 e. The maximum Gasteiger partial charge on any atom is 0.255 e. The first-order chi connectivity index (χ1) is 12.2. The minimum absolute atomic E-state index is 0.168. The summed E-state index contributed by atoms with van der Waals surface area (Å²) in [5, 5.41) is 2.84. The molecule has 0 aromatic heterocycles. The second kappa shape index (κ2) is 8.33. The highest BCUT2D eigenvalue weighted by molar-refractivity contribution is 9.10. The number of carbonyl (C=O) groups excluding carboxylic acids is 1. The van der Waals surface area contributed by atoms with Gasteiger partial charge in [0.1, 0.15) is 0 Å². The van der Waals surface area contributed by atoms with Crippen LogP contribution >= 0.6 is 15.9 Å². The second-order valence-electron chi connectivity index (χ2n) is 5.98. The molecule has 0 radical (unpaired) electrons. The molecule has 0 saturated heterocycles. The van der Waals surface area contributed by atoms with Crippen LogP contribution in [0, 0.1) is 13.8 Å². The van der Waals surface area contributed by atoms with E-state index in [1.807, 2.05) is 19.1 Å². The number of hydrogen-bond acceptors (Lipinski definition) is 3. The van der Waals surface area contributed by atoms with Crippen LogP contribution in [0.5, 0.6) is 0 Å². The lowest BCUT2D eigenvalue weighted by Gasteiger charge is -2.20. The molecule has 1 N–H and O–H groups in total. The van der Waals surface area contributed by atoms with Crippen molar-refractivity contribution in [3.63, 3.8) is 0 Å². The van der Waals surface area contributed by atoms with Crippen molar-refractivity contribution in [3.05, 3.63) is 57.6 Å². The topological polar surface area (TPSA) is 66.5 Å². The average molecular weight is 439 g/mol. The van der Waals surface area contributed by atoms with Gasteiger partial charge in [-0.1, -0.05) is 35.8 Å². The van der Waals surface area contributed by atoms with Gasteiger partial charge in [-0.05, 0) is 55.3 Å². The van der Waals surface area contributed by atoms with Crippen LogP contribution in [0.2, 0.25) is 0 Å². The number of nitrogens with one attached hydrogen (secondary N) is 1. The molecule has 0 heterocycles. The summed E-state index contributed by atoms with van der Waals surface area (Å²) in [6, 6.07) is 10.3. The zero-order valence-electron chi connectivity index (χ0n) is 15.3. The summed E-state index contributed by atoms with van der Waals surface area (Å²) in [5.74, 6) is -0.341. The third kappa shape index (κ3) is 4.34. The van der Waals surface area contributed by atoms with Gasteiger partial charge in [-0.2, -0.15) is 4.31 Å². The van der Waals surface area contributed by atoms with E-state index < -0.39 is 10.0 Å². The molecule has 0 atom stereocenters. The lowest BCUT2D eigenvalue weighted by atomic mass is 10.1. The molecule has 0 aliphatic rings. The van der Waals surface area contributed by atoms with Crippen LogP contribution in [0.15, 0.2) is 45.8 Å². The quantitative estimate of drug-likeness (QED) is 0.728. The van der Waals surface area contributed by atoms with Gasteiger partial charge >= 0.3 is 0 Å². The lowest BCUT2D eigenvalue weighted by Crippen LogP contribution is -2.31. The van der Waals surface area contributed by atoms with E-state index in [1.165, 1.54) is 10.4 Å². The van der Waals surface area contributed by atoms with Crippen LogP contribution in [0.4, 0.5) is 5.69 Å². The number of anilines is 1. The van der Waals surface area contributed by atoms with Gasteiger partial charge in [-0.15, -0.1) is 0 Å². The van der Waals surface area contributed by atoms with Crippen molar-refractivity contribution in [1.82, 2.24) is 4.31 Å². The van der Waals surface area contributed by atoms with Crippen molar-refractivity contribution in [2.75, 3.05) is 18.4 Å². The highest BCUT2D eigenvalue weighted by atomic mass is 79.9. The molecule has 2 aromatic carbocycles. The monoisotopic (exact) mass is 438 g/mol. The number of rotatable bonds is 6. The largest absolute Gasteiger partial charge is 0.322 e. The number of halogens is 1. The Labute approximate surface area is 163 Å². The summed E-state index contributed by atoms with van der Waals surface area (Å²) in [6.07, 6.45) is 0. The number of nitrogens with zero attached hydrogens (tertiary/aromatic N) is 1. The average Bonchev–Trinajstić information content (AvgIpc) is 2.58. The van der Waals surface area contributed by atoms with Crippen LogP contribution < -0.4 is 5.32 Å². The van der Waals surface area contributed by atoms with Crippen molar-refractivity contribution in [2.45, 2.75) is 32.6 Å². The van der Waals surface area contributed by atoms with Gasteiger partial charge in [0.15, 0.2) is 0 Å². The van der Waals surface area contributed by atoms with E-state index in [2.05, 4.69) is 21.2 Å². The Morgan fingerprint density at radius 1 is 1.04 bits per heavy atom. The number of benzene rings is 2. The molecule has 0 aliphatic carbocycles. The standard InChI is InChI=1S/C19H23BrN2O3S/c1-5-22(6-2)26(24,25)18-12-15(8-7-13(18)3)19(23)21-17-10-9-16(20)11-14(17)4/h7-12H,5-6H2,1-4H3,(H,21,23). The Morgan fingerprint density at radius 2 is 1.69 bits per heavy atom. The normalized spacial score (nSPS) is 11.6. The van der Waals surface area contributed by atoms with E-state index in [1.54, 1.807) is 39.0 Å². The molecule has 26 heavy (non-hydrogen) atoms. The number of hydrogen-bond donors (Lipinski definition) is 1. The number of aryl methyl sites for hydroxylation is 2. The molecule has 0 fully saturated rings. The van der Waals surface area contributed by atoms with Crippen molar-refractivity contribution in [3.8, 4) is 0 Å². The van der Waals surface area contributed by atoms with Crippen LogP contribution in [0.1, 0.15) is 35.3 Å². The molecule has 2 rings (SSSR count). The molecular weight excluding hydrogens is 416 g/mol. The molecule has 2 aromatic rings. The molecule has 7 heteroatoms. The molecule has 0 bridgehead atoms. The van der Waals surface area contributed by atoms with Crippen molar-refractivity contribution in [2.24, 2.45) is 0 Å². The van der Waals surface area contributed by atoms with Crippen LogP contribution in [-0.2, 0) is 10.0 Å². The van der Waals surface area contributed by atoms with E-state index in [0.29, 0.717) is 29.9 Å². The zero-order valence-corrected chi connectivity index (χ0v) is 17.7. The third-order valence-corrected chi connectivity index (χ3v) is 6.90. The number of carbonyl (C=O) groups is 1. The van der Waals surface area contributed by atoms with Crippen LogP contribution in [-0.4, -0.2) is 31.7 Å². The predicted octanol–water partition coefficient (Wildman–Crippen LogP) is 4.35. The molecular formula is C19H23BrN2O3S. The first kappa shape index (κ1) is 20.6. The van der Waals surface area contributed by atoms with Crippen LogP contribution in [0.3, 0.4) is 0 Å². The Hall–Kier alpha value is -1.70. The van der Waals surface area contributed by atoms with Gasteiger partial charge in [0.05, 0.1) is 4.90 Å². The van der Waals surface area contributed by atoms with Gasteiger partial charge in [-0.3, -0.25) is 4.79 Å². The van der Waals surface area contributed by atoms with E-state index in [0.717, 1.165) is 10.0 Å². The maximum absolute atomic E-state index is 12.8. The fraction of sp³-hybridized carbons (Fsp3) is 0.316. The maximum atomic E-state index is 12.8. The SMILES string of the molecule is CCN(CC)S(=O)(=O)c1cc(C(=O)Nc2ccc(Br)cc2C)ccc1C. The third-order valence-electron chi connectivity index (χ3n) is 4.21. The molecule has 5 nitrogen and oxygen atoms in total. The van der Waals surface area contributed by atoms with E-state index >= 15 is 0 Å². The first-order valence-corrected chi connectivity index (χ1v) is 10.6. The van der Waals surface area contributed by atoms with Crippen molar-refractivity contribution in [1.29, 1.82) is 0 Å². The fourth-order valence-electron chi connectivity index (χ4n) is 2.68. The highest BCUT2D eigenvalue weighted by Crippen LogP contribution is 2.24. The lowest BCUT2D eigenvalue weighted by molar-refractivity contribution is 0.102. The molecule has 1 amide bonds. The Bertz CT molecular complexity index is 922. The summed E-state index contributed by atoms with van der Waals surface area (Å²) < 4.78 is 28.0. The predicted molar refractivity (Wildman–Crippen MR) is 108 cm³/mol. The van der Waals surface area contributed by atoms with Crippen LogP contribution in [0.25, 0.3) is 0 Å². The summed E-state index contributed by atoms with van der Waals surface area (Å²) in [6.45, 7) is 7.98. The van der Waals surface area contributed by atoms with Gasteiger partial charge < -0.3 is 5.32 Å². The van der Waals surface area contributed by atoms with Gasteiger partial charge in [0.2, 0.25) is 10.0 Å². The minimum Gasteiger partial charge on any atom is -0.322 e. The molecule has 0 aliphatic heterocycles. The summed E-state index contributed by atoms with van der Waals surface area (Å²) in [5.41, 5.74) is 2.53. The highest BCUT2D eigenvalue weighted by Gasteiger charge is 2.24. The van der Waals surface area contributed by atoms with Crippen molar-refractivity contribution >= 4 is 37.5 Å². The Kier molecular flexibility index (Phi) is 6.60. The number of sulfonamides is 1. The molecule has 140 valence electrons. The fourth-order valence-corrected chi connectivity index (χ4v) is 4.87. The Morgan fingerprint density at radius 3 is 2.27 bits per heavy atom. The summed E-state index contributed by atoms with van der Waals surface area (Å²) >= 11 is 3.39. The van der Waals surface area contributed by atoms with E-state index in [-0.39, 0.29) is 10.8 Å². The summed E-state index contributed by atoms with van der Waals surface area (Å²) in [4.78, 5) is 12.8. The Balaban J connectivity index is 2.38. The van der Waals surface area contributed by atoms with Gasteiger partial charge in [0, 0.05) is 28.8 Å². The zero-order chi connectivity index (χ0) is 19.5.